The lowest BCUT2D eigenvalue weighted by atomic mass is 9.97. The molecule has 2 fully saturated rings. The predicted molar refractivity (Wildman–Crippen MR) is 114 cm³/mol. The molecule has 0 bridgehead atoms. The lowest BCUT2D eigenvalue weighted by molar-refractivity contribution is 0.145. The van der Waals surface area contributed by atoms with Crippen LogP contribution in [0.2, 0.25) is 0 Å². The van der Waals surface area contributed by atoms with Crippen molar-refractivity contribution in [3.05, 3.63) is 35.9 Å². The van der Waals surface area contributed by atoms with Crippen LogP contribution in [0.3, 0.4) is 0 Å². The maximum Gasteiger partial charge on any atom is 0.320 e. The van der Waals surface area contributed by atoms with E-state index < -0.39 is 0 Å². The van der Waals surface area contributed by atoms with Gasteiger partial charge in [-0.3, -0.25) is 4.98 Å². The molecule has 2 aliphatic rings. The van der Waals surface area contributed by atoms with Crippen molar-refractivity contribution >= 4 is 17.8 Å². The van der Waals surface area contributed by atoms with Crippen molar-refractivity contribution in [3.8, 4) is 0 Å². The Labute approximate surface area is 176 Å². The van der Waals surface area contributed by atoms with Crippen molar-refractivity contribution in [3.63, 3.8) is 0 Å². The molecule has 0 N–H and O–H groups in total. The van der Waals surface area contributed by atoms with E-state index >= 15 is 0 Å². The van der Waals surface area contributed by atoms with E-state index in [4.69, 9.17) is 0 Å². The molecule has 2 aromatic rings. The summed E-state index contributed by atoms with van der Waals surface area (Å²) in [4.78, 5) is 21.1. The minimum absolute atomic E-state index is 0.203. The first-order valence-corrected chi connectivity index (χ1v) is 11.6. The monoisotopic (exact) mass is 414 g/mol. The van der Waals surface area contributed by atoms with E-state index in [1.807, 2.05) is 22.1 Å². The van der Waals surface area contributed by atoms with Crippen molar-refractivity contribution < 1.29 is 4.79 Å². The molecule has 0 radical (unpaired) electrons. The topological polar surface area (TPSA) is 67.2 Å². The Kier molecular flexibility index (Phi) is 6.37. The zero-order valence-electron chi connectivity index (χ0n) is 17.3. The van der Waals surface area contributed by atoms with E-state index in [1.54, 1.807) is 18.0 Å². The summed E-state index contributed by atoms with van der Waals surface area (Å²) in [7, 11) is 0. The fourth-order valence-electron chi connectivity index (χ4n) is 4.25. The highest BCUT2D eigenvalue weighted by Crippen LogP contribution is 2.32. The van der Waals surface area contributed by atoms with E-state index in [-0.39, 0.29) is 18.0 Å². The van der Waals surface area contributed by atoms with Gasteiger partial charge in [-0.15, -0.1) is 10.2 Å². The van der Waals surface area contributed by atoms with E-state index in [0.717, 1.165) is 68.6 Å². The SMILES string of the molecule is CC(C)n1c(SCc2cccnc2)nnc1[C@H]1CCCN(C(=O)N2CCCC2)C1. The van der Waals surface area contributed by atoms with Crippen LogP contribution in [0.5, 0.6) is 0 Å². The maximum absolute atomic E-state index is 12.9. The van der Waals surface area contributed by atoms with Crippen LogP contribution in [0.15, 0.2) is 29.7 Å². The molecule has 156 valence electrons. The van der Waals surface area contributed by atoms with E-state index in [2.05, 4.69) is 39.7 Å². The van der Waals surface area contributed by atoms with Gasteiger partial charge in [0.2, 0.25) is 0 Å². The van der Waals surface area contributed by atoms with Crippen LogP contribution < -0.4 is 0 Å². The van der Waals surface area contributed by atoms with Crippen molar-refractivity contribution in [1.82, 2.24) is 29.5 Å². The largest absolute Gasteiger partial charge is 0.325 e. The van der Waals surface area contributed by atoms with Gasteiger partial charge in [0, 0.05) is 56.3 Å². The van der Waals surface area contributed by atoms with Crippen LogP contribution in [0.25, 0.3) is 0 Å². The first kappa shape index (κ1) is 20.2. The molecule has 4 heterocycles. The minimum atomic E-state index is 0.203. The fourth-order valence-corrected chi connectivity index (χ4v) is 5.26. The summed E-state index contributed by atoms with van der Waals surface area (Å²) < 4.78 is 2.26. The average molecular weight is 415 g/mol. The van der Waals surface area contributed by atoms with Gasteiger partial charge in [0.05, 0.1) is 0 Å². The number of thioether (sulfide) groups is 1. The Balaban J connectivity index is 1.48. The summed E-state index contributed by atoms with van der Waals surface area (Å²) in [6, 6.07) is 4.53. The molecule has 0 unspecified atom stereocenters. The molecule has 4 rings (SSSR count). The number of hydrogen-bond acceptors (Lipinski definition) is 5. The van der Waals surface area contributed by atoms with Gasteiger partial charge in [0.1, 0.15) is 5.82 Å². The number of hydrogen-bond donors (Lipinski definition) is 0. The zero-order valence-corrected chi connectivity index (χ0v) is 18.1. The maximum atomic E-state index is 12.9. The first-order valence-electron chi connectivity index (χ1n) is 10.6. The highest BCUT2D eigenvalue weighted by Gasteiger charge is 2.32. The molecule has 1 atom stereocenters. The Morgan fingerprint density at radius 3 is 2.69 bits per heavy atom. The van der Waals surface area contributed by atoms with Crippen LogP contribution in [-0.4, -0.2) is 61.8 Å². The van der Waals surface area contributed by atoms with Gasteiger partial charge in [-0.25, -0.2) is 4.79 Å². The molecule has 2 aliphatic heterocycles. The van der Waals surface area contributed by atoms with Crippen molar-refractivity contribution in [1.29, 1.82) is 0 Å². The third-order valence-electron chi connectivity index (χ3n) is 5.73. The van der Waals surface area contributed by atoms with Gasteiger partial charge in [-0.1, -0.05) is 17.8 Å². The number of carbonyl (C=O) groups excluding carboxylic acids is 1. The molecular formula is C21H30N6OS. The molecule has 8 heteroatoms. The quantitative estimate of drug-likeness (QED) is 0.693. The lowest BCUT2D eigenvalue weighted by Gasteiger charge is -2.35. The summed E-state index contributed by atoms with van der Waals surface area (Å²) in [6.45, 7) is 7.75. The predicted octanol–water partition coefficient (Wildman–Crippen LogP) is 3.94. The number of carbonyl (C=O) groups is 1. The smallest absolute Gasteiger partial charge is 0.320 e. The summed E-state index contributed by atoms with van der Waals surface area (Å²) in [5.74, 6) is 2.09. The third kappa shape index (κ3) is 4.57. The molecule has 2 saturated heterocycles. The summed E-state index contributed by atoms with van der Waals surface area (Å²) in [5.41, 5.74) is 1.18. The molecule has 0 aromatic carbocycles. The van der Waals surface area contributed by atoms with Crippen molar-refractivity contribution in [2.24, 2.45) is 0 Å². The number of urea groups is 1. The van der Waals surface area contributed by atoms with Gasteiger partial charge in [-0.05, 0) is 51.2 Å². The van der Waals surface area contributed by atoms with Crippen LogP contribution in [0.1, 0.15) is 62.9 Å². The van der Waals surface area contributed by atoms with Crippen LogP contribution in [0.4, 0.5) is 4.79 Å². The Morgan fingerprint density at radius 2 is 1.97 bits per heavy atom. The molecule has 0 spiro atoms. The standard InChI is InChI=1S/C21H30N6OS/c1-16(2)27-19(23-24-20(27)29-15-17-7-5-9-22-13-17)18-8-6-12-26(14-18)21(28)25-10-3-4-11-25/h5,7,9,13,16,18H,3-4,6,8,10-12,14-15H2,1-2H3/t18-/m0/s1. The molecule has 0 saturated carbocycles. The van der Waals surface area contributed by atoms with E-state index in [1.165, 1.54) is 5.56 Å². The summed E-state index contributed by atoms with van der Waals surface area (Å²) in [5, 5.41) is 10.1. The second-order valence-electron chi connectivity index (χ2n) is 8.22. The number of nitrogens with zero attached hydrogens (tertiary/aromatic N) is 6. The van der Waals surface area contributed by atoms with E-state index in [0.29, 0.717) is 0 Å². The van der Waals surface area contributed by atoms with Crippen molar-refractivity contribution in [2.75, 3.05) is 26.2 Å². The highest BCUT2D eigenvalue weighted by atomic mass is 32.2. The molecule has 0 aliphatic carbocycles. The van der Waals surface area contributed by atoms with Crippen LogP contribution in [-0.2, 0) is 5.75 Å². The van der Waals surface area contributed by atoms with Gasteiger partial charge < -0.3 is 14.4 Å². The van der Waals surface area contributed by atoms with Gasteiger partial charge in [0.15, 0.2) is 5.16 Å². The minimum Gasteiger partial charge on any atom is -0.325 e. The third-order valence-corrected chi connectivity index (χ3v) is 6.75. The molecule has 2 aromatic heterocycles. The van der Waals surface area contributed by atoms with Gasteiger partial charge in [0.25, 0.3) is 0 Å². The van der Waals surface area contributed by atoms with Crippen molar-refractivity contribution in [2.45, 2.75) is 62.4 Å². The lowest BCUT2D eigenvalue weighted by Crippen LogP contribution is -2.46. The molecule has 2 amide bonds. The number of piperidine rings is 1. The van der Waals surface area contributed by atoms with Gasteiger partial charge in [-0.2, -0.15) is 0 Å². The van der Waals surface area contributed by atoms with E-state index in [9.17, 15) is 4.79 Å². The Morgan fingerprint density at radius 1 is 1.17 bits per heavy atom. The second kappa shape index (κ2) is 9.15. The summed E-state index contributed by atoms with van der Waals surface area (Å²) in [6.07, 6.45) is 8.02. The van der Waals surface area contributed by atoms with Crippen LogP contribution in [0, 0.1) is 0 Å². The van der Waals surface area contributed by atoms with Gasteiger partial charge >= 0.3 is 6.03 Å². The number of aromatic nitrogens is 4. The summed E-state index contributed by atoms with van der Waals surface area (Å²) >= 11 is 1.70. The number of rotatable bonds is 5. The number of likely N-dealkylation sites (tertiary alicyclic amines) is 2. The Bertz CT molecular complexity index is 818. The van der Waals surface area contributed by atoms with Crippen LogP contribution >= 0.6 is 11.8 Å². The average Bonchev–Trinajstić information content (AvgIpc) is 3.42. The second-order valence-corrected chi connectivity index (χ2v) is 9.16. The Hall–Kier alpha value is -2.09. The molecular weight excluding hydrogens is 384 g/mol. The fraction of sp³-hybridized carbons (Fsp3) is 0.619. The number of amides is 2. The molecule has 29 heavy (non-hydrogen) atoms. The first-order chi connectivity index (χ1) is 14.1. The normalized spacial score (nSPS) is 19.9. The zero-order chi connectivity index (χ0) is 20.2. The number of pyridine rings is 1. The molecule has 7 nitrogen and oxygen atoms in total. The highest BCUT2D eigenvalue weighted by molar-refractivity contribution is 7.98.